The molecule has 5 heteroatoms. The Morgan fingerprint density at radius 2 is 2.20 bits per heavy atom. The number of hydrogen-bond donors (Lipinski definition) is 1. The van der Waals surface area contributed by atoms with E-state index in [9.17, 15) is 4.39 Å². The van der Waals surface area contributed by atoms with E-state index in [2.05, 4.69) is 15.2 Å². The maximum Gasteiger partial charge on any atom is 0.141 e. The molecular formula is C15H24FN3O. The summed E-state index contributed by atoms with van der Waals surface area (Å²) in [5.74, 6) is -0.287. The van der Waals surface area contributed by atoms with Crippen LogP contribution in [-0.2, 0) is 4.74 Å². The summed E-state index contributed by atoms with van der Waals surface area (Å²) in [7, 11) is 3.71. The summed E-state index contributed by atoms with van der Waals surface area (Å²) in [5, 5.41) is 3.26. The first-order valence-electron chi connectivity index (χ1n) is 7.26. The number of hydrogen-bond acceptors (Lipinski definition) is 4. The van der Waals surface area contributed by atoms with Crippen LogP contribution in [0.25, 0.3) is 0 Å². The van der Waals surface area contributed by atoms with E-state index in [1.165, 1.54) is 12.3 Å². The summed E-state index contributed by atoms with van der Waals surface area (Å²) in [6.07, 6.45) is 4.90. The van der Waals surface area contributed by atoms with Gasteiger partial charge in [0.2, 0.25) is 0 Å². The second-order valence-corrected chi connectivity index (χ2v) is 5.31. The molecule has 1 atom stereocenters. The second-order valence-electron chi connectivity index (χ2n) is 5.31. The van der Waals surface area contributed by atoms with Crippen LogP contribution < -0.4 is 5.32 Å². The fourth-order valence-electron chi connectivity index (χ4n) is 2.71. The highest BCUT2D eigenvalue weighted by atomic mass is 19.1. The van der Waals surface area contributed by atoms with Gasteiger partial charge in [0.15, 0.2) is 0 Å². The maximum atomic E-state index is 12.9. The van der Waals surface area contributed by atoms with Crippen LogP contribution in [0.4, 0.5) is 4.39 Å². The van der Waals surface area contributed by atoms with Gasteiger partial charge in [-0.25, -0.2) is 4.39 Å². The van der Waals surface area contributed by atoms with Crippen LogP contribution in [0.3, 0.4) is 0 Å². The summed E-state index contributed by atoms with van der Waals surface area (Å²) < 4.78 is 18.3. The molecule has 0 radical (unpaired) electrons. The summed E-state index contributed by atoms with van der Waals surface area (Å²) in [6, 6.07) is 3.40. The molecule has 0 aliphatic carbocycles. The van der Waals surface area contributed by atoms with Crippen LogP contribution in [0.1, 0.15) is 31.0 Å². The number of pyridine rings is 1. The lowest BCUT2D eigenvalue weighted by Crippen LogP contribution is -2.38. The molecule has 1 aromatic heterocycles. The number of halogens is 1. The van der Waals surface area contributed by atoms with Crippen LogP contribution >= 0.6 is 0 Å². The molecule has 0 spiro atoms. The van der Waals surface area contributed by atoms with Gasteiger partial charge in [0, 0.05) is 26.7 Å². The van der Waals surface area contributed by atoms with Crippen molar-refractivity contribution in [2.45, 2.75) is 31.4 Å². The smallest absolute Gasteiger partial charge is 0.141 e. The van der Waals surface area contributed by atoms with Gasteiger partial charge in [0.05, 0.1) is 24.0 Å². The van der Waals surface area contributed by atoms with Crippen molar-refractivity contribution in [3.8, 4) is 0 Å². The molecule has 1 saturated heterocycles. The normalized spacial score (nSPS) is 19.1. The van der Waals surface area contributed by atoms with Gasteiger partial charge in [-0.1, -0.05) is 0 Å². The number of piperidine rings is 1. The van der Waals surface area contributed by atoms with Crippen molar-refractivity contribution in [1.82, 2.24) is 15.2 Å². The highest BCUT2D eigenvalue weighted by Gasteiger charge is 2.20. The molecule has 1 unspecified atom stereocenters. The number of ether oxygens (including phenoxy) is 1. The first-order chi connectivity index (χ1) is 9.72. The van der Waals surface area contributed by atoms with Crippen molar-refractivity contribution in [2.24, 2.45) is 0 Å². The van der Waals surface area contributed by atoms with Crippen molar-refractivity contribution in [2.75, 3.05) is 33.8 Å². The van der Waals surface area contributed by atoms with E-state index in [1.54, 1.807) is 13.2 Å². The van der Waals surface area contributed by atoms with E-state index in [-0.39, 0.29) is 11.9 Å². The summed E-state index contributed by atoms with van der Waals surface area (Å²) in [5.41, 5.74) is 0.903. The SMILES string of the molecule is CNC(CCN1CCC(OC)CC1)c1ccc(F)cn1. The molecular weight excluding hydrogens is 257 g/mol. The molecule has 0 saturated carbocycles. The number of aromatic nitrogens is 1. The van der Waals surface area contributed by atoms with E-state index in [0.717, 1.165) is 44.6 Å². The molecule has 1 fully saturated rings. The summed E-state index contributed by atoms with van der Waals surface area (Å²) in [4.78, 5) is 6.62. The minimum Gasteiger partial charge on any atom is -0.381 e. The van der Waals surface area contributed by atoms with Crippen molar-refractivity contribution in [3.63, 3.8) is 0 Å². The molecule has 0 bridgehead atoms. The minimum absolute atomic E-state index is 0.177. The Morgan fingerprint density at radius 3 is 2.75 bits per heavy atom. The zero-order chi connectivity index (χ0) is 14.4. The molecule has 1 N–H and O–H groups in total. The number of methoxy groups -OCH3 is 1. The molecule has 1 aliphatic heterocycles. The highest BCUT2D eigenvalue weighted by Crippen LogP contribution is 2.18. The van der Waals surface area contributed by atoms with Crippen LogP contribution in [0.5, 0.6) is 0 Å². The van der Waals surface area contributed by atoms with Gasteiger partial charge in [0.25, 0.3) is 0 Å². The van der Waals surface area contributed by atoms with Crippen molar-refractivity contribution in [1.29, 1.82) is 0 Å². The number of nitrogens with one attached hydrogen (secondary N) is 1. The third-order valence-corrected chi connectivity index (χ3v) is 4.06. The number of rotatable bonds is 6. The van der Waals surface area contributed by atoms with Crippen molar-refractivity contribution in [3.05, 3.63) is 29.8 Å². The van der Waals surface area contributed by atoms with Gasteiger partial charge in [-0.15, -0.1) is 0 Å². The first-order valence-corrected chi connectivity index (χ1v) is 7.26. The minimum atomic E-state index is -0.287. The van der Waals surface area contributed by atoms with E-state index in [0.29, 0.717) is 6.10 Å². The fraction of sp³-hybridized carbons (Fsp3) is 0.667. The van der Waals surface area contributed by atoms with Gasteiger partial charge < -0.3 is 15.0 Å². The zero-order valence-electron chi connectivity index (χ0n) is 12.3. The molecule has 1 aliphatic rings. The standard InChI is InChI=1S/C15H24FN3O/c1-17-14(15-4-3-12(16)11-18-15)7-10-19-8-5-13(20-2)6-9-19/h3-4,11,13-14,17H,5-10H2,1-2H3. The lowest BCUT2D eigenvalue weighted by molar-refractivity contribution is 0.0401. The van der Waals surface area contributed by atoms with Gasteiger partial charge in [-0.2, -0.15) is 0 Å². The fourth-order valence-corrected chi connectivity index (χ4v) is 2.71. The predicted molar refractivity (Wildman–Crippen MR) is 77.1 cm³/mol. The Bertz CT molecular complexity index is 391. The molecule has 112 valence electrons. The van der Waals surface area contributed by atoms with Gasteiger partial charge in [0.1, 0.15) is 5.82 Å². The maximum absolute atomic E-state index is 12.9. The van der Waals surface area contributed by atoms with Crippen molar-refractivity contribution >= 4 is 0 Å². The Hall–Kier alpha value is -1.04. The predicted octanol–water partition coefficient (Wildman–Crippen LogP) is 1.98. The average Bonchev–Trinajstić information content (AvgIpc) is 2.50. The quantitative estimate of drug-likeness (QED) is 0.865. The monoisotopic (exact) mass is 281 g/mol. The van der Waals surface area contributed by atoms with E-state index < -0.39 is 0 Å². The lowest BCUT2D eigenvalue weighted by atomic mass is 10.1. The number of likely N-dealkylation sites (tertiary alicyclic amines) is 1. The van der Waals surface area contributed by atoms with E-state index in [1.807, 2.05) is 7.05 Å². The summed E-state index contributed by atoms with van der Waals surface area (Å²) in [6.45, 7) is 3.21. The zero-order valence-corrected chi connectivity index (χ0v) is 12.3. The third-order valence-electron chi connectivity index (χ3n) is 4.06. The molecule has 0 amide bonds. The van der Waals surface area contributed by atoms with Crippen LogP contribution in [0.15, 0.2) is 18.3 Å². The van der Waals surface area contributed by atoms with E-state index >= 15 is 0 Å². The average molecular weight is 281 g/mol. The van der Waals surface area contributed by atoms with Gasteiger partial charge in [-0.3, -0.25) is 4.98 Å². The lowest BCUT2D eigenvalue weighted by Gasteiger charge is -2.32. The first kappa shape index (κ1) is 15.4. The van der Waals surface area contributed by atoms with Crippen LogP contribution in [-0.4, -0.2) is 49.8 Å². The molecule has 1 aromatic rings. The van der Waals surface area contributed by atoms with Gasteiger partial charge >= 0.3 is 0 Å². The van der Waals surface area contributed by atoms with E-state index in [4.69, 9.17) is 4.74 Å². The Labute approximate surface area is 120 Å². The Morgan fingerprint density at radius 1 is 1.45 bits per heavy atom. The Balaban J connectivity index is 1.81. The van der Waals surface area contributed by atoms with Crippen LogP contribution in [0.2, 0.25) is 0 Å². The highest BCUT2D eigenvalue weighted by molar-refractivity contribution is 5.09. The second kappa shape index (κ2) is 7.67. The Kier molecular flexibility index (Phi) is 5.88. The molecule has 2 heterocycles. The third kappa shape index (κ3) is 4.23. The number of nitrogens with zero attached hydrogens (tertiary/aromatic N) is 2. The summed E-state index contributed by atoms with van der Waals surface area (Å²) >= 11 is 0. The molecule has 0 aromatic carbocycles. The van der Waals surface area contributed by atoms with Gasteiger partial charge in [-0.05, 0) is 38.4 Å². The largest absolute Gasteiger partial charge is 0.381 e. The molecule has 2 rings (SSSR count). The molecule has 4 nitrogen and oxygen atoms in total. The molecule has 20 heavy (non-hydrogen) atoms. The van der Waals surface area contributed by atoms with Crippen molar-refractivity contribution < 1.29 is 9.13 Å². The topological polar surface area (TPSA) is 37.4 Å². The van der Waals surface area contributed by atoms with Crippen LogP contribution in [0, 0.1) is 5.82 Å².